The Kier molecular flexibility index (Phi) is 6.49. The summed E-state index contributed by atoms with van der Waals surface area (Å²) in [7, 11) is 0. The molecule has 0 aliphatic carbocycles. The van der Waals surface area contributed by atoms with Crippen LogP contribution in [0.15, 0.2) is 16.6 Å². The van der Waals surface area contributed by atoms with Gasteiger partial charge in [0.1, 0.15) is 0 Å². The standard InChI is InChI=1S/C15H23BrN2O2/c1-5-20-8-14(9(2)3)18-15(19)12-6-11(16)7-13(17)10(12)4/h6-7,9,14H,5,8,17H2,1-4H3,(H,18,19). The third kappa shape index (κ3) is 4.49. The summed E-state index contributed by atoms with van der Waals surface area (Å²) in [6.07, 6.45) is 0. The summed E-state index contributed by atoms with van der Waals surface area (Å²) >= 11 is 3.37. The monoisotopic (exact) mass is 342 g/mol. The van der Waals surface area contributed by atoms with Gasteiger partial charge in [0.15, 0.2) is 0 Å². The number of hydrogen-bond acceptors (Lipinski definition) is 3. The SMILES string of the molecule is CCOCC(NC(=O)c1cc(Br)cc(N)c1C)C(C)C. The van der Waals surface area contributed by atoms with Gasteiger partial charge in [-0.25, -0.2) is 0 Å². The van der Waals surface area contributed by atoms with E-state index in [4.69, 9.17) is 10.5 Å². The van der Waals surface area contributed by atoms with Gasteiger partial charge in [-0.15, -0.1) is 0 Å². The van der Waals surface area contributed by atoms with Gasteiger partial charge in [0.25, 0.3) is 5.91 Å². The average molecular weight is 343 g/mol. The number of anilines is 1. The van der Waals surface area contributed by atoms with E-state index in [2.05, 4.69) is 35.1 Å². The van der Waals surface area contributed by atoms with Crippen LogP contribution >= 0.6 is 15.9 Å². The molecule has 5 heteroatoms. The van der Waals surface area contributed by atoms with Crippen molar-refractivity contribution in [2.45, 2.75) is 33.7 Å². The second-order valence-electron chi connectivity index (χ2n) is 5.15. The van der Waals surface area contributed by atoms with Gasteiger partial charge in [-0.1, -0.05) is 29.8 Å². The molecule has 0 aromatic heterocycles. The average Bonchev–Trinajstić information content (AvgIpc) is 2.38. The van der Waals surface area contributed by atoms with Crippen LogP contribution in [0.3, 0.4) is 0 Å². The molecule has 1 unspecified atom stereocenters. The Hall–Kier alpha value is -1.07. The summed E-state index contributed by atoms with van der Waals surface area (Å²) in [4.78, 5) is 12.4. The highest BCUT2D eigenvalue weighted by Gasteiger charge is 2.19. The van der Waals surface area contributed by atoms with Crippen LogP contribution in [0.2, 0.25) is 0 Å². The zero-order valence-electron chi connectivity index (χ0n) is 12.5. The third-order valence-corrected chi connectivity index (χ3v) is 3.74. The van der Waals surface area contributed by atoms with E-state index in [0.29, 0.717) is 30.4 Å². The number of hydrogen-bond donors (Lipinski definition) is 2. The first-order valence-electron chi connectivity index (χ1n) is 6.81. The minimum atomic E-state index is -0.117. The van der Waals surface area contributed by atoms with Crippen LogP contribution in [-0.4, -0.2) is 25.2 Å². The second kappa shape index (κ2) is 7.64. The number of benzene rings is 1. The molecular weight excluding hydrogens is 320 g/mol. The third-order valence-electron chi connectivity index (χ3n) is 3.28. The number of halogens is 1. The van der Waals surface area contributed by atoms with E-state index < -0.39 is 0 Å². The Labute approximate surface area is 129 Å². The van der Waals surface area contributed by atoms with Gasteiger partial charge in [0.05, 0.1) is 12.6 Å². The summed E-state index contributed by atoms with van der Waals surface area (Å²) < 4.78 is 6.23. The molecular formula is C15H23BrN2O2. The van der Waals surface area contributed by atoms with Gasteiger partial charge in [-0.05, 0) is 37.5 Å². The number of rotatable bonds is 6. The highest BCUT2D eigenvalue weighted by Crippen LogP contribution is 2.23. The molecule has 0 heterocycles. The maximum absolute atomic E-state index is 12.4. The van der Waals surface area contributed by atoms with Crippen molar-refractivity contribution in [2.75, 3.05) is 18.9 Å². The van der Waals surface area contributed by atoms with Gasteiger partial charge in [-0.3, -0.25) is 4.79 Å². The fourth-order valence-corrected chi connectivity index (χ4v) is 2.30. The molecule has 0 saturated carbocycles. The molecule has 0 fully saturated rings. The van der Waals surface area contributed by atoms with Crippen molar-refractivity contribution in [3.8, 4) is 0 Å². The van der Waals surface area contributed by atoms with Crippen molar-refractivity contribution in [3.05, 3.63) is 27.7 Å². The molecule has 0 spiro atoms. The zero-order chi connectivity index (χ0) is 15.3. The molecule has 0 saturated heterocycles. The van der Waals surface area contributed by atoms with Gasteiger partial charge in [0.2, 0.25) is 0 Å². The summed E-state index contributed by atoms with van der Waals surface area (Å²) in [5, 5.41) is 3.02. The number of carbonyl (C=O) groups is 1. The summed E-state index contributed by atoms with van der Waals surface area (Å²) in [5.41, 5.74) is 7.89. The fraction of sp³-hybridized carbons (Fsp3) is 0.533. The first-order valence-corrected chi connectivity index (χ1v) is 7.60. The molecule has 1 amide bonds. The van der Waals surface area contributed by atoms with Crippen LogP contribution < -0.4 is 11.1 Å². The number of nitrogens with two attached hydrogens (primary N) is 1. The lowest BCUT2D eigenvalue weighted by Crippen LogP contribution is -2.42. The van der Waals surface area contributed by atoms with E-state index >= 15 is 0 Å². The number of amides is 1. The van der Waals surface area contributed by atoms with E-state index in [0.717, 1.165) is 10.0 Å². The maximum Gasteiger partial charge on any atom is 0.251 e. The van der Waals surface area contributed by atoms with Crippen LogP contribution in [0, 0.1) is 12.8 Å². The van der Waals surface area contributed by atoms with E-state index in [1.54, 1.807) is 12.1 Å². The van der Waals surface area contributed by atoms with Crippen molar-refractivity contribution >= 4 is 27.5 Å². The Bertz CT molecular complexity index is 475. The van der Waals surface area contributed by atoms with Crippen LogP contribution in [0.5, 0.6) is 0 Å². The maximum atomic E-state index is 12.4. The first-order chi connectivity index (χ1) is 9.36. The molecule has 0 aliphatic rings. The molecule has 1 aromatic carbocycles. The smallest absolute Gasteiger partial charge is 0.251 e. The molecule has 1 rings (SSSR count). The van der Waals surface area contributed by atoms with Crippen molar-refractivity contribution in [3.63, 3.8) is 0 Å². The largest absolute Gasteiger partial charge is 0.398 e. The van der Waals surface area contributed by atoms with Crippen molar-refractivity contribution in [2.24, 2.45) is 5.92 Å². The minimum Gasteiger partial charge on any atom is -0.398 e. The normalized spacial score (nSPS) is 12.5. The molecule has 112 valence electrons. The second-order valence-corrected chi connectivity index (χ2v) is 6.07. The van der Waals surface area contributed by atoms with Gasteiger partial charge < -0.3 is 15.8 Å². The Morgan fingerprint density at radius 1 is 1.45 bits per heavy atom. The lowest BCUT2D eigenvalue weighted by Gasteiger charge is -2.23. The lowest BCUT2D eigenvalue weighted by molar-refractivity contribution is 0.0805. The van der Waals surface area contributed by atoms with Gasteiger partial charge in [0, 0.05) is 22.3 Å². The summed E-state index contributed by atoms with van der Waals surface area (Å²) in [6.45, 7) is 9.07. The Morgan fingerprint density at radius 2 is 2.10 bits per heavy atom. The molecule has 1 aromatic rings. The minimum absolute atomic E-state index is 0.0120. The fourth-order valence-electron chi connectivity index (χ4n) is 1.83. The predicted molar refractivity (Wildman–Crippen MR) is 85.9 cm³/mol. The number of carbonyl (C=O) groups excluding carboxylic acids is 1. The van der Waals surface area contributed by atoms with E-state index in [1.165, 1.54) is 0 Å². The molecule has 0 radical (unpaired) electrons. The topological polar surface area (TPSA) is 64.3 Å². The number of nitrogen functional groups attached to an aromatic ring is 1. The number of nitrogens with one attached hydrogen (secondary N) is 1. The molecule has 0 bridgehead atoms. The molecule has 3 N–H and O–H groups in total. The lowest BCUT2D eigenvalue weighted by atomic mass is 10.0. The predicted octanol–water partition coefficient (Wildman–Crippen LogP) is 3.13. The van der Waals surface area contributed by atoms with Gasteiger partial charge in [-0.2, -0.15) is 0 Å². The molecule has 20 heavy (non-hydrogen) atoms. The molecule has 1 atom stereocenters. The van der Waals surface area contributed by atoms with Gasteiger partial charge >= 0.3 is 0 Å². The van der Waals surface area contributed by atoms with Crippen molar-refractivity contribution < 1.29 is 9.53 Å². The number of ether oxygens (including phenoxy) is 1. The van der Waals surface area contributed by atoms with Crippen molar-refractivity contribution in [1.82, 2.24) is 5.32 Å². The van der Waals surface area contributed by atoms with E-state index in [9.17, 15) is 4.79 Å². The summed E-state index contributed by atoms with van der Waals surface area (Å²) in [6, 6.07) is 3.58. The summed E-state index contributed by atoms with van der Waals surface area (Å²) in [5.74, 6) is 0.184. The van der Waals surface area contributed by atoms with E-state index in [-0.39, 0.29) is 11.9 Å². The Morgan fingerprint density at radius 3 is 2.65 bits per heavy atom. The van der Waals surface area contributed by atoms with Crippen LogP contribution in [0.25, 0.3) is 0 Å². The van der Waals surface area contributed by atoms with Crippen LogP contribution in [-0.2, 0) is 4.74 Å². The zero-order valence-corrected chi connectivity index (χ0v) is 14.1. The quantitative estimate of drug-likeness (QED) is 0.780. The van der Waals surface area contributed by atoms with Crippen LogP contribution in [0.4, 0.5) is 5.69 Å². The first kappa shape index (κ1) is 17.0. The highest BCUT2D eigenvalue weighted by molar-refractivity contribution is 9.10. The highest BCUT2D eigenvalue weighted by atomic mass is 79.9. The molecule has 4 nitrogen and oxygen atoms in total. The van der Waals surface area contributed by atoms with E-state index in [1.807, 2.05) is 13.8 Å². The Balaban J connectivity index is 2.89. The van der Waals surface area contributed by atoms with Crippen LogP contribution in [0.1, 0.15) is 36.7 Å². The molecule has 0 aliphatic heterocycles. The van der Waals surface area contributed by atoms with Crippen molar-refractivity contribution in [1.29, 1.82) is 0 Å².